The van der Waals surface area contributed by atoms with Gasteiger partial charge in [0.25, 0.3) is 0 Å². The average molecular weight is 208 g/mol. The molecular weight excluding hydrogens is 198 g/mol. The summed E-state index contributed by atoms with van der Waals surface area (Å²) in [5, 5.41) is 8.75. The highest BCUT2D eigenvalue weighted by Crippen LogP contribution is 2.16. The lowest BCUT2D eigenvalue weighted by Gasteiger charge is -2.03. The fraction of sp³-hybridized carbons (Fsp3) is 0.182. The number of allylic oxidation sites excluding steroid dienone is 1. The van der Waals surface area contributed by atoms with E-state index < -0.39 is 0 Å². The number of para-hydroxylation sites is 1. The summed E-state index contributed by atoms with van der Waals surface area (Å²) in [5.74, 6) is 1.08. The molecule has 0 N–H and O–H groups in total. The summed E-state index contributed by atoms with van der Waals surface area (Å²) in [6.45, 7) is 0.436. The van der Waals surface area contributed by atoms with E-state index in [0.717, 1.165) is 0 Å². The molecule has 1 aromatic rings. The van der Waals surface area contributed by atoms with Gasteiger partial charge in [-0.15, -0.1) is 11.6 Å². The Balaban J connectivity index is 2.59. The Morgan fingerprint density at radius 1 is 1.36 bits per heavy atom. The highest BCUT2D eigenvalue weighted by Gasteiger charge is 1.98. The molecule has 0 aliphatic heterocycles. The number of hydrogen-bond donors (Lipinski definition) is 0. The van der Waals surface area contributed by atoms with Crippen molar-refractivity contribution < 1.29 is 4.74 Å². The summed E-state index contributed by atoms with van der Waals surface area (Å²) >= 11 is 5.45. The minimum Gasteiger partial charge on any atom is -0.488 e. The number of nitriles is 1. The molecule has 0 aliphatic carbocycles. The molecule has 0 aliphatic rings. The van der Waals surface area contributed by atoms with Gasteiger partial charge in [0.05, 0.1) is 5.56 Å². The van der Waals surface area contributed by atoms with E-state index in [9.17, 15) is 0 Å². The standard InChI is InChI=1S/C11H10ClNO/c12-7-3-4-8-14-11-6-2-1-5-10(11)9-13/h1-6H,7-8H2/b4-3+. The van der Waals surface area contributed by atoms with Crippen LogP contribution in [0.5, 0.6) is 5.75 Å². The molecule has 0 spiro atoms. The summed E-state index contributed by atoms with van der Waals surface area (Å²) < 4.78 is 5.36. The van der Waals surface area contributed by atoms with Gasteiger partial charge in [0.2, 0.25) is 0 Å². The molecule has 0 heterocycles. The second-order valence-corrected chi connectivity index (χ2v) is 2.85. The van der Waals surface area contributed by atoms with Gasteiger partial charge in [0.1, 0.15) is 18.4 Å². The Hall–Kier alpha value is -1.46. The average Bonchev–Trinajstić information content (AvgIpc) is 2.25. The lowest BCUT2D eigenvalue weighted by Crippen LogP contribution is -1.95. The van der Waals surface area contributed by atoms with Gasteiger partial charge in [-0.2, -0.15) is 5.26 Å². The van der Waals surface area contributed by atoms with Crippen LogP contribution in [0, 0.1) is 11.3 Å². The lowest BCUT2D eigenvalue weighted by atomic mass is 10.2. The van der Waals surface area contributed by atoms with Crippen LogP contribution in [-0.2, 0) is 0 Å². The molecule has 3 heteroatoms. The van der Waals surface area contributed by atoms with E-state index in [2.05, 4.69) is 6.07 Å². The minimum absolute atomic E-state index is 0.436. The van der Waals surface area contributed by atoms with Gasteiger partial charge in [-0.25, -0.2) is 0 Å². The Morgan fingerprint density at radius 3 is 2.86 bits per heavy atom. The Bertz CT molecular complexity index is 355. The van der Waals surface area contributed by atoms with Crippen LogP contribution in [0.25, 0.3) is 0 Å². The molecule has 0 bridgehead atoms. The molecule has 0 unspecified atom stereocenters. The molecular formula is C11H10ClNO. The van der Waals surface area contributed by atoms with Crippen molar-refractivity contribution in [3.63, 3.8) is 0 Å². The topological polar surface area (TPSA) is 33.0 Å². The van der Waals surface area contributed by atoms with Crippen molar-refractivity contribution >= 4 is 11.6 Å². The Kier molecular flexibility index (Phi) is 4.60. The summed E-state index contributed by atoms with van der Waals surface area (Å²) in [6, 6.07) is 9.20. The highest BCUT2D eigenvalue weighted by molar-refractivity contribution is 6.18. The molecule has 14 heavy (non-hydrogen) atoms. The molecule has 0 radical (unpaired) electrons. The zero-order chi connectivity index (χ0) is 10.2. The van der Waals surface area contributed by atoms with Crippen molar-refractivity contribution in [1.82, 2.24) is 0 Å². The summed E-state index contributed by atoms with van der Waals surface area (Å²) in [4.78, 5) is 0. The molecule has 0 saturated heterocycles. The van der Waals surface area contributed by atoms with Crippen LogP contribution >= 0.6 is 11.6 Å². The van der Waals surface area contributed by atoms with Crippen molar-refractivity contribution in [2.75, 3.05) is 12.5 Å². The van der Waals surface area contributed by atoms with Crippen LogP contribution in [0.4, 0.5) is 0 Å². The van der Waals surface area contributed by atoms with Crippen molar-refractivity contribution in [3.05, 3.63) is 42.0 Å². The third kappa shape index (κ3) is 3.12. The van der Waals surface area contributed by atoms with E-state index in [4.69, 9.17) is 21.6 Å². The second kappa shape index (κ2) is 6.06. The van der Waals surface area contributed by atoms with Crippen LogP contribution in [0.15, 0.2) is 36.4 Å². The van der Waals surface area contributed by atoms with E-state index in [1.165, 1.54) is 0 Å². The molecule has 0 atom stereocenters. The van der Waals surface area contributed by atoms with E-state index in [0.29, 0.717) is 23.8 Å². The molecule has 1 rings (SSSR count). The maximum Gasteiger partial charge on any atom is 0.137 e. The molecule has 1 aromatic carbocycles. The van der Waals surface area contributed by atoms with Gasteiger partial charge in [-0.1, -0.05) is 24.3 Å². The zero-order valence-corrected chi connectivity index (χ0v) is 8.37. The fourth-order valence-electron chi connectivity index (χ4n) is 0.954. The number of benzene rings is 1. The third-order valence-corrected chi connectivity index (χ3v) is 1.78. The number of nitrogens with zero attached hydrogens (tertiary/aromatic N) is 1. The van der Waals surface area contributed by atoms with Crippen LogP contribution < -0.4 is 4.74 Å². The van der Waals surface area contributed by atoms with Gasteiger partial charge in [-0.05, 0) is 12.1 Å². The van der Waals surface area contributed by atoms with Gasteiger partial charge in [-0.3, -0.25) is 0 Å². The Morgan fingerprint density at radius 2 is 2.14 bits per heavy atom. The number of hydrogen-bond acceptors (Lipinski definition) is 2. The number of alkyl halides is 1. The fourth-order valence-corrected chi connectivity index (χ4v) is 1.08. The van der Waals surface area contributed by atoms with Gasteiger partial charge in [0.15, 0.2) is 0 Å². The molecule has 72 valence electrons. The van der Waals surface area contributed by atoms with E-state index >= 15 is 0 Å². The maximum atomic E-state index is 8.75. The van der Waals surface area contributed by atoms with Crippen molar-refractivity contribution in [1.29, 1.82) is 5.26 Å². The van der Waals surface area contributed by atoms with Gasteiger partial charge >= 0.3 is 0 Å². The predicted molar refractivity (Wildman–Crippen MR) is 56.5 cm³/mol. The molecule has 0 aromatic heterocycles. The first-order valence-electron chi connectivity index (χ1n) is 4.21. The minimum atomic E-state index is 0.436. The monoisotopic (exact) mass is 207 g/mol. The normalized spacial score (nSPS) is 10.0. The number of halogens is 1. The zero-order valence-electron chi connectivity index (χ0n) is 7.61. The van der Waals surface area contributed by atoms with Crippen LogP contribution in [0.3, 0.4) is 0 Å². The van der Waals surface area contributed by atoms with E-state index in [-0.39, 0.29) is 0 Å². The maximum absolute atomic E-state index is 8.75. The first kappa shape index (κ1) is 10.6. The van der Waals surface area contributed by atoms with E-state index in [1.807, 2.05) is 12.1 Å². The molecule has 0 amide bonds. The second-order valence-electron chi connectivity index (χ2n) is 2.54. The highest BCUT2D eigenvalue weighted by atomic mass is 35.5. The third-order valence-electron chi connectivity index (χ3n) is 1.60. The first-order valence-corrected chi connectivity index (χ1v) is 4.75. The van der Waals surface area contributed by atoms with Crippen LogP contribution in [0.2, 0.25) is 0 Å². The SMILES string of the molecule is N#Cc1ccccc1OC/C=C/CCl. The number of ether oxygens (including phenoxy) is 1. The Labute approximate surface area is 88.4 Å². The van der Waals surface area contributed by atoms with Crippen LogP contribution in [0.1, 0.15) is 5.56 Å². The smallest absolute Gasteiger partial charge is 0.137 e. The first-order chi connectivity index (χ1) is 6.88. The quantitative estimate of drug-likeness (QED) is 0.562. The summed E-state index contributed by atoms with van der Waals surface area (Å²) in [6.07, 6.45) is 3.62. The summed E-state index contributed by atoms with van der Waals surface area (Å²) in [5.41, 5.74) is 0.548. The van der Waals surface area contributed by atoms with Crippen molar-refractivity contribution in [2.45, 2.75) is 0 Å². The van der Waals surface area contributed by atoms with Gasteiger partial charge < -0.3 is 4.74 Å². The predicted octanol–water partition coefficient (Wildman–Crippen LogP) is 2.73. The van der Waals surface area contributed by atoms with Crippen molar-refractivity contribution in [2.24, 2.45) is 0 Å². The summed E-state index contributed by atoms with van der Waals surface area (Å²) in [7, 11) is 0. The molecule has 0 fully saturated rings. The van der Waals surface area contributed by atoms with E-state index in [1.54, 1.807) is 24.3 Å². The molecule has 2 nitrogen and oxygen atoms in total. The largest absolute Gasteiger partial charge is 0.488 e. The lowest BCUT2D eigenvalue weighted by molar-refractivity contribution is 0.361. The number of rotatable bonds is 4. The van der Waals surface area contributed by atoms with Crippen LogP contribution in [-0.4, -0.2) is 12.5 Å². The van der Waals surface area contributed by atoms with Gasteiger partial charge in [0, 0.05) is 5.88 Å². The molecule has 0 saturated carbocycles. The van der Waals surface area contributed by atoms with Crippen molar-refractivity contribution in [3.8, 4) is 11.8 Å².